The molecule has 0 bridgehead atoms. The minimum atomic E-state index is -0.875. The van der Waals surface area contributed by atoms with Gasteiger partial charge in [0.15, 0.2) is 0 Å². The van der Waals surface area contributed by atoms with Crippen LogP contribution in [0.4, 0.5) is 11.4 Å². The zero-order valence-corrected chi connectivity index (χ0v) is 19.4. The highest BCUT2D eigenvalue weighted by Gasteiger charge is 2.51. The summed E-state index contributed by atoms with van der Waals surface area (Å²) in [4.78, 5) is 53.5. The number of allylic oxidation sites excluding steroid dienone is 2. The highest BCUT2D eigenvalue weighted by atomic mass is 32.1. The van der Waals surface area contributed by atoms with Crippen LogP contribution in [0.1, 0.15) is 42.8 Å². The topological polar surface area (TPSA) is 95.6 Å². The molecule has 4 rings (SSSR count). The highest BCUT2D eigenvalue weighted by molar-refractivity contribution is 7.12. The third-order valence-electron chi connectivity index (χ3n) is 5.98. The second-order valence-corrected chi connectivity index (χ2v) is 9.80. The maximum absolute atomic E-state index is 13.3. The number of nitrogens with zero attached hydrogens (tertiary/aromatic N) is 1. The lowest BCUT2D eigenvalue weighted by Gasteiger charge is -2.27. The summed E-state index contributed by atoms with van der Waals surface area (Å²) in [7, 11) is 0. The van der Waals surface area contributed by atoms with E-state index in [1.807, 2.05) is 31.4 Å². The molecule has 2 aromatic rings. The van der Waals surface area contributed by atoms with Gasteiger partial charge in [-0.3, -0.25) is 24.1 Å². The van der Waals surface area contributed by atoms with Gasteiger partial charge in [0.05, 0.1) is 16.7 Å². The molecule has 1 aliphatic heterocycles. The van der Waals surface area contributed by atoms with E-state index in [0.29, 0.717) is 35.5 Å². The Balaban J connectivity index is 1.51. The number of likely N-dealkylation sites (tertiary alicyclic amines) is 1. The molecule has 2 N–H and O–H groups in total. The van der Waals surface area contributed by atoms with Crippen LogP contribution in [-0.4, -0.2) is 34.6 Å². The summed E-state index contributed by atoms with van der Waals surface area (Å²) < 4.78 is 0. The van der Waals surface area contributed by atoms with Gasteiger partial charge in [-0.2, -0.15) is 0 Å². The van der Waals surface area contributed by atoms with Crippen LogP contribution < -0.4 is 10.6 Å². The Morgan fingerprint density at radius 1 is 1.00 bits per heavy atom. The van der Waals surface area contributed by atoms with Crippen LogP contribution in [0, 0.1) is 17.8 Å². The maximum atomic E-state index is 13.3. The minimum Gasteiger partial charge on any atom is -0.324 e. The average molecular weight is 466 g/mol. The van der Waals surface area contributed by atoms with Crippen molar-refractivity contribution in [2.75, 3.05) is 10.6 Å². The summed E-state index contributed by atoms with van der Waals surface area (Å²) in [6.45, 7) is 3.92. The van der Waals surface area contributed by atoms with Crippen molar-refractivity contribution in [2.45, 2.75) is 39.2 Å². The maximum Gasteiger partial charge on any atom is 0.265 e. The van der Waals surface area contributed by atoms with Gasteiger partial charge in [-0.05, 0) is 54.8 Å². The van der Waals surface area contributed by atoms with E-state index in [9.17, 15) is 19.2 Å². The number of carbonyl (C=O) groups excluding carboxylic acids is 4. The van der Waals surface area contributed by atoms with Gasteiger partial charge in [-0.1, -0.05) is 38.1 Å². The first-order chi connectivity index (χ1) is 15.8. The molecule has 1 aliphatic carbocycles. The monoisotopic (exact) mass is 465 g/mol. The highest BCUT2D eigenvalue weighted by Crippen LogP contribution is 2.37. The molecule has 0 spiro atoms. The lowest BCUT2D eigenvalue weighted by Crippen LogP contribution is -2.48. The lowest BCUT2D eigenvalue weighted by molar-refractivity contribution is -0.147. The van der Waals surface area contributed by atoms with Gasteiger partial charge in [-0.25, -0.2) is 0 Å². The molecule has 1 aromatic carbocycles. The fraction of sp³-hybridized carbons (Fsp3) is 0.360. The molecule has 33 heavy (non-hydrogen) atoms. The van der Waals surface area contributed by atoms with Crippen molar-refractivity contribution in [3.05, 3.63) is 58.8 Å². The summed E-state index contributed by atoms with van der Waals surface area (Å²) in [6, 6.07) is 9.49. The Morgan fingerprint density at radius 3 is 2.21 bits per heavy atom. The largest absolute Gasteiger partial charge is 0.324 e. The van der Waals surface area contributed by atoms with E-state index in [4.69, 9.17) is 0 Å². The summed E-state index contributed by atoms with van der Waals surface area (Å²) in [5, 5.41) is 7.49. The van der Waals surface area contributed by atoms with Gasteiger partial charge in [0.2, 0.25) is 17.7 Å². The van der Waals surface area contributed by atoms with Crippen LogP contribution in [0.2, 0.25) is 0 Å². The van der Waals surface area contributed by atoms with Gasteiger partial charge in [0.25, 0.3) is 5.91 Å². The van der Waals surface area contributed by atoms with Crippen LogP contribution in [0.25, 0.3) is 0 Å². The number of nitrogens with one attached hydrogen (secondary N) is 2. The van der Waals surface area contributed by atoms with Gasteiger partial charge in [0, 0.05) is 11.4 Å². The Hall–Kier alpha value is -3.26. The Labute approximate surface area is 196 Å². The number of hydrogen-bond donors (Lipinski definition) is 2. The van der Waals surface area contributed by atoms with E-state index in [1.54, 1.807) is 36.4 Å². The molecule has 0 radical (unpaired) electrons. The molecule has 2 heterocycles. The first kappa shape index (κ1) is 22.9. The van der Waals surface area contributed by atoms with Crippen LogP contribution in [0.5, 0.6) is 0 Å². The van der Waals surface area contributed by atoms with Gasteiger partial charge >= 0.3 is 0 Å². The number of hydrogen-bond acceptors (Lipinski definition) is 5. The third-order valence-corrected chi connectivity index (χ3v) is 6.85. The van der Waals surface area contributed by atoms with Crippen molar-refractivity contribution >= 4 is 46.3 Å². The number of imide groups is 1. The average Bonchev–Trinajstić information content (AvgIpc) is 3.41. The van der Waals surface area contributed by atoms with Crippen LogP contribution >= 0.6 is 11.3 Å². The molecular formula is C25H27N3O4S. The van der Waals surface area contributed by atoms with Gasteiger partial charge in [0.1, 0.15) is 6.04 Å². The SMILES string of the molecule is CC(C)CC(C(=O)Nc1cccc(NC(=O)c2cccs2)c1)N1C(=O)C2CC=CCC2C1=O. The van der Waals surface area contributed by atoms with Crippen molar-refractivity contribution in [1.29, 1.82) is 0 Å². The van der Waals surface area contributed by atoms with E-state index in [1.165, 1.54) is 16.2 Å². The number of amides is 4. The fourth-order valence-electron chi connectivity index (χ4n) is 4.41. The molecular weight excluding hydrogens is 438 g/mol. The quantitative estimate of drug-likeness (QED) is 0.471. The summed E-state index contributed by atoms with van der Waals surface area (Å²) >= 11 is 1.34. The van der Waals surface area contributed by atoms with Crippen molar-refractivity contribution < 1.29 is 19.2 Å². The van der Waals surface area contributed by atoms with E-state index in [0.717, 1.165) is 0 Å². The molecule has 172 valence electrons. The smallest absolute Gasteiger partial charge is 0.265 e. The normalized spacial score (nSPS) is 20.6. The Morgan fingerprint density at radius 2 is 1.64 bits per heavy atom. The zero-order chi connectivity index (χ0) is 23.5. The molecule has 0 saturated carbocycles. The second kappa shape index (κ2) is 9.70. The number of rotatable bonds is 7. The van der Waals surface area contributed by atoms with Crippen molar-refractivity contribution in [3.8, 4) is 0 Å². The molecule has 7 nitrogen and oxygen atoms in total. The van der Waals surface area contributed by atoms with Crippen LogP contribution in [0.15, 0.2) is 53.9 Å². The van der Waals surface area contributed by atoms with E-state index in [2.05, 4.69) is 10.6 Å². The van der Waals surface area contributed by atoms with E-state index < -0.39 is 11.9 Å². The fourth-order valence-corrected chi connectivity index (χ4v) is 5.03. The van der Waals surface area contributed by atoms with Crippen molar-refractivity contribution in [3.63, 3.8) is 0 Å². The summed E-state index contributed by atoms with van der Waals surface area (Å²) in [5.74, 6) is -1.78. The molecule has 3 unspecified atom stereocenters. The predicted molar refractivity (Wildman–Crippen MR) is 128 cm³/mol. The third kappa shape index (κ3) is 4.90. The van der Waals surface area contributed by atoms with Crippen LogP contribution in [-0.2, 0) is 14.4 Å². The van der Waals surface area contributed by atoms with E-state index >= 15 is 0 Å². The minimum absolute atomic E-state index is 0.110. The molecule has 1 aromatic heterocycles. The number of fused-ring (bicyclic) bond motifs is 1. The van der Waals surface area contributed by atoms with Gasteiger partial charge in [-0.15, -0.1) is 11.3 Å². The number of carbonyl (C=O) groups is 4. The van der Waals surface area contributed by atoms with E-state index in [-0.39, 0.29) is 35.5 Å². The first-order valence-electron chi connectivity index (χ1n) is 11.1. The Kier molecular flexibility index (Phi) is 6.74. The molecule has 4 amide bonds. The number of benzene rings is 1. The van der Waals surface area contributed by atoms with Crippen LogP contribution in [0.3, 0.4) is 0 Å². The summed E-state index contributed by atoms with van der Waals surface area (Å²) in [6.07, 6.45) is 5.32. The van der Waals surface area contributed by atoms with Crippen molar-refractivity contribution in [1.82, 2.24) is 4.90 Å². The van der Waals surface area contributed by atoms with Crippen molar-refractivity contribution in [2.24, 2.45) is 17.8 Å². The molecule has 1 saturated heterocycles. The standard InChI is InChI=1S/C25H27N3O4S/c1-15(2)13-20(28-24(31)18-9-3-4-10-19(18)25(28)32)22(29)26-16-7-5-8-17(14-16)27-23(30)21-11-6-12-33-21/h3-8,11-12,14-15,18-20H,9-10,13H2,1-2H3,(H,26,29)(H,27,30). The first-order valence-corrected chi connectivity index (χ1v) is 12.0. The van der Waals surface area contributed by atoms with Gasteiger partial charge < -0.3 is 10.6 Å². The molecule has 3 atom stereocenters. The number of thiophene rings is 1. The zero-order valence-electron chi connectivity index (χ0n) is 18.6. The lowest BCUT2D eigenvalue weighted by atomic mass is 9.85. The predicted octanol–water partition coefficient (Wildman–Crippen LogP) is 4.30. The Bertz CT molecular complexity index is 1070. The second-order valence-electron chi connectivity index (χ2n) is 8.85. The number of anilines is 2. The molecule has 2 aliphatic rings. The summed E-state index contributed by atoms with van der Waals surface area (Å²) in [5.41, 5.74) is 1.02. The molecule has 1 fully saturated rings. The molecule has 8 heteroatoms.